The Bertz CT molecular complexity index is 1450. The highest BCUT2D eigenvalue weighted by Crippen LogP contribution is 2.45. The van der Waals surface area contributed by atoms with E-state index in [1.54, 1.807) is 11.3 Å². The maximum absolute atomic E-state index is 13.6. The number of thiazole rings is 1. The van der Waals surface area contributed by atoms with Gasteiger partial charge in [0, 0.05) is 53.0 Å². The molecule has 0 N–H and O–H groups in total. The fraction of sp³-hybridized carbons (Fsp3) is 0.276. The van der Waals surface area contributed by atoms with E-state index in [-0.39, 0.29) is 12.2 Å². The van der Waals surface area contributed by atoms with Crippen LogP contribution in [0.2, 0.25) is 0 Å². The van der Waals surface area contributed by atoms with Gasteiger partial charge in [-0.25, -0.2) is 0 Å². The monoisotopic (exact) mass is 531 g/mol. The highest BCUT2D eigenvalue weighted by molar-refractivity contribution is 8.03. The summed E-state index contributed by atoms with van der Waals surface area (Å²) in [4.78, 5) is 30.0. The maximum Gasteiger partial charge on any atom is 0.263 e. The molecule has 0 fully saturated rings. The Morgan fingerprint density at radius 3 is 2.27 bits per heavy atom. The molecular formula is C29H29N3O3S2. The number of hydrogen-bond acceptors (Lipinski definition) is 7. The molecule has 37 heavy (non-hydrogen) atoms. The number of nitrogens with zero attached hydrogens (tertiary/aromatic N) is 3. The number of carboxylic acid groups (broad SMARTS) is 1. The second kappa shape index (κ2) is 10.6. The van der Waals surface area contributed by atoms with E-state index >= 15 is 0 Å². The lowest BCUT2D eigenvalue weighted by molar-refractivity contribution is -0.665. The predicted molar refractivity (Wildman–Crippen MR) is 150 cm³/mol. The van der Waals surface area contributed by atoms with Crippen LogP contribution in [0.4, 0.5) is 11.4 Å². The van der Waals surface area contributed by atoms with Crippen LogP contribution in [0, 0.1) is 0 Å². The number of allylic oxidation sites excluding steroid dienone is 3. The van der Waals surface area contributed by atoms with Gasteiger partial charge in [-0.05, 0) is 51.5 Å². The first-order valence-corrected chi connectivity index (χ1v) is 14.4. The predicted octanol–water partition coefficient (Wildman–Crippen LogP) is 4.51. The zero-order valence-electron chi connectivity index (χ0n) is 21.2. The number of para-hydroxylation sites is 3. The van der Waals surface area contributed by atoms with E-state index in [1.807, 2.05) is 36.4 Å². The normalized spacial score (nSPS) is 16.1. The van der Waals surface area contributed by atoms with Crippen molar-refractivity contribution in [2.24, 2.45) is 0 Å². The molecule has 2 aromatic carbocycles. The van der Waals surface area contributed by atoms with Gasteiger partial charge in [0.15, 0.2) is 5.78 Å². The Balaban J connectivity index is 1.59. The van der Waals surface area contributed by atoms with Crippen molar-refractivity contribution in [2.75, 3.05) is 28.6 Å². The van der Waals surface area contributed by atoms with Crippen molar-refractivity contribution >= 4 is 62.5 Å². The first-order valence-electron chi connectivity index (χ1n) is 12.6. The topological polar surface area (TPSA) is 67.6 Å². The molecule has 6 nitrogen and oxygen atoms in total. The number of aryl methyl sites for hydroxylation is 1. The van der Waals surface area contributed by atoms with Crippen LogP contribution in [0.25, 0.3) is 16.3 Å². The van der Waals surface area contributed by atoms with Gasteiger partial charge in [0.2, 0.25) is 5.52 Å². The Labute approximate surface area is 225 Å². The number of fused-ring (bicyclic) bond motifs is 2. The molecule has 1 aliphatic carbocycles. The van der Waals surface area contributed by atoms with E-state index in [1.165, 1.54) is 16.5 Å². The zero-order valence-corrected chi connectivity index (χ0v) is 22.8. The molecule has 0 saturated heterocycles. The number of hydrogen-bond donors (Lipinski definition) is 0. The first-order chi connectivity index (χ1) is 18.0. The summed E-state index contributed by atoms with van der Waals surface area (Å²) in [5.41, 5.74) is 4.68. The highest BCUT2D eigenvalue weighted by Gasteiger charge is 2.37. The van der Waals surface area contributed by atoms with Crippen LogP contribution in [-0.2, 0) is 16.1 Å². The molecule has 0 amide bonds. The van der Waals surface area contributed by atoms with Gasteiger partial charge in [-0.15, -0.1) is 11.8 Å². The molecular weight excluding hydrogens is 502 g/mol. The van der Waals surface area contributed by atoms with E-state index in [2.05, 4.69) is 59.4 Å². The lowest BCUT2D eigenvalue weighted by atomic mass is 9.89. The second-order valence-corrected chi connectivity index (χ2v) is 10.9. The first kappa shape index (κ1) is 25.3. The molecule has 0 atom stereocenters. The number of Topliss-reactive ketones (excluding diaryl/α,β-unsaturated/α-hetero) is 1. The van der Waals surface area contributed by atoms with Crippen molar-refractivity contribution in [3.05, 3.63) is 81.5 Å². The number of rotatable bonds is 9. The summed E-state index contributed by atoms with van der Waals surface area (Å²) in [6.07, 6.45) is 3.89. The van der Waals surface area contributed by atoms with Crippen molar-refractivity contribution < 1.29 is 19.3 Å². The van der Waals surface area contributed by atoms with Crippen LogP contribution in [0.1, 0.15) is 32.2 Å². The maximum atomic E-state index is 13.6. The second-order valence-electron chi connectivity index (χ2n) is 8.73. The van der Waals surface area contributed by atoms with Gasteiger partial charge in [-0.2, -0.15) is 4.57 Å². The number of aliphatic carboxylic acids is 1. The number of ketones is 1. The molecule has 1 aromatic heterocycles. The van der Waals surface area contributed by atoms with E-state index in [9.17, 15) is 14.7 Å². The average Bonchev–Trinajstić information content (AvgIpc) is 3.42. The number of thioether (sulfide) groups is 1. The lowest BCUT2D eigenvalue weighted by Gasteiger charge is -2.28. The minimum atomic E-state index is -1.09. The largest absolute Gasteiger partial charge is 0.550 e. The third-order valence-corrected chi connectivity index (χ3v) is 8.92. The number of benzene rings is 2. The van der Waals surface area contributed by atoms with Gasteiger partial charge < -0.3 is 19.7 Å². The van der Waals surface area contributed by atoms with Crippen molar-refractivity contribution in [1.29, 1.82) is 0 Å². The molecule has 0 spiro atoms. The third-order valence-electron chi connectivity index (χ3n) is 6.67. The van der Waals surface area contributed by atoms with E-state index in [4.69, 9.17) is 0 Å². The molecule has 0 bridgehead atoms. The fourth-order valence-corrected chi connectivity index (χ4v) is 7.22. The van der Waals surface area contributed by atoms with Crippen LogP contribution < -0.4 is 19.5 Å². The van der Waals surface area contributed by atoms with E-state index in [0.29, 0.717) is 16.9 Å². The zero-order chi connectivity index (χ0) is 26.1. The van der Waals surface area contributed by atoms with Crippen LogP contribution in [0.5, 0.6) is 0 Å². The van der Waals surface area contributed by atoms with Crippen LogP contribution >= 0.6 is 23.1 Å². The van der Waals surface area contributed by atoms with Gasteiger partial charge >= 0.3 is 0 Å². The third kappa shape index (κ3) is 4.49. The molecule has 190 valence electrons. The van der Waals surface area contributed by atoms with Crippen molar-refractivity contribution in [3.63, 3.8) is 0 Å². The molecule has 0 unspecified atom stereocenters. The van der Waals surface area contributed by atoms with Gasteiger partial charge in [0.05, 0.1) is 11.4 Å². The quantitative estimate of drug-likeness (QED) is 0.299. The highest BCUT2D eigenvalue weighted by atomic mass is 32.2. The van der Waals surface area contributed by atoms with Gasteiger partial charge in [0.25, 0.3) is 5.01 Å². The summed E-state index contributed by atoms with van der Waals surface area (Å²) in [6, 6.07) is 16.5. The fourth-order valence-electron chi connectivity index (χ4n) is 4.96. The number of aromatic nitrogens is 1. The van der Waals surface area contributed by atoms with E-state index in [0.717, 1.165) is 52.3 Å². The van der Waals surface area contributed by atoms with Gasteiger partial charge in [0.1, 0.15) is 17.1 Å². The molecule has 0 saturated carbocycles. The Morgan fingerprint density at radius 2 is 1.65 bits per heavy atom. The van der Waals surface area contributed by atoms with Gasteiger partial charge in [-0.1, -0.05) is 35.6 Å². The smallest absolute Gasteiger partial charge is 0.263 e. The summed E-state index contributed by atoms with van der Waals surface area (Å²) in [5, 5.41) is 12.1. The summed E-state index contributed by atoms with van der Waals surface area (Å²) >= 11 is 3.08. The van der Waals surface area contributed by atoms with Gasteiger partial charge in [-0.3, -0.25) is 4.79 Å². The number of carboxylic acids is 1. The minimum Gasteiger partial charge on any atom is -0.550 e. The number of anilines is 2. The standard InChI is InChI=1S/C29H29N3O3S2/c1-4-30-21-11-7-8-12-22(21)31(5-2)25(30)17-19-28(35)20(29(19)36-16-15-27(33)34)18-26-32(6-3)23-13-9-10-14-24(23)37-26/h7-14,17-18H,4-6,15-16H2,1-3H3. The average molecular weight is 532 g/mol. The molecule has 3 aromatic rings. The van der Waals surface area contributed by atoms with E-state index < -0.39 is 5.97 Å². The van der Waals surface area contributed by atoms with Crippen molar-refractivity contribution in [3.8, 4) is 0 Å². The lowest BCUT2D eigenvalue weighted by Crippen LogP contribution is -2.34. The molecule has 8 heteroatoms. The Morgan fingerprint density at radius 1 is 1.00 bits per heavy atom. The van der Waals surface area contributed by atoms with Crippen LogP contribution in [0.3, 0.4) is 0 Å². The SMILES string of the molecule is CCN1C(=CC2=C(SCCC(=O)[O-])/C(=C\c3sc4ccccc4[n+]3CC)C2=O)N(CC)c2ccccc21. The van der Waals surface area contributed by atoms with Crippen molar-refractivity contribution in [2.45, 2.75) is 33.7 Å². The minimum absolute atomic E-state index is 0.00776. The molecule has 5 rings (SSSR count). The summed E-state index contributed by atoms with van der Waals surface area (Å²) < 4.78 is 3.38. The summed E-state index contributed by atoms with van der Waals surface area (Å²) in [6.45, 7) is 8.64. The molecule has 2 aliphatic rings. The molecule has 0 radical (unpaired) electrons. The Hall–Kier alpha value is -3.36. The van der Waals surface area contributed by atoms with Crippen LogP contribution in [-0.4, -0.2) is 30.6 Å². The summed E-state index contributed by atoms with van der Waals surface area (Å²) in [5.74, 6) is 0.228. The van der Waals surface area contributed by atoms with Crippen molar-refractivity contribution in [1.82, 2.24) is 0 Å². The van der Waals surface area contributed by atoms with Crippen LogP contribution in [0.15, 0.2) is 76.5 Å². The molecule has 2 heterocycles. The molecule has 1 aliphatic heterocycles. The number of carbonyl (C=O) groups excluding carboxylic acids is 2. The Kier molecular flexibility index (Phi) is 7.22. The summed E-state index contributed by atoms with van der Waals surface area (Å²) in [7, 11) is 0. The number of carbonyl (C=O) groups is 2.